The lowest BCUT2D eigenvalue weighted by atomic mass is 9.86. The number of aromatic nitrogens is 2. The van der Waals surface area contributed by atoms with E-state index in [9.17, 15) is 4.79 Å². The fourth-order valence-corrected chi connectivity index (χ4v) is 3.37. The highest BCUT2D eigenvalue weighted by atomic mass is 16.1. The third-order valence-corrected chi connectivity index (χ3v) is 4.60. The molecule has 0 bridgehead atoms. The Morgan fingerprint density at radius 3 is 2.54 bits per heavy atom. The normalized spacial score (nSPS) is 13.9. The maximum atomic E-state index is 11.5. The number of rotatable bonds is 4. The van der Waals surface area contributed by atoms with E-state index in [1.807, 2.05) is 43.5 Å². The van der Waals surface area contributed by atoms with Gasteiger partial charge in [-0.15, -0.1) is 0 Å². The molecule has 0 aliphatic heterocycles. The fourth-order valence-electron chi connectivity index (χ4n) is 3.37. The highest BCUT2D eigenvalue weighted by molar-refractivity contribution is 5.82. The van der Waals surface area contributed by atoms with Crippen molar-refractivity contribution in [2.45, 2.75) is 12.8 Å². The monoisotopic (exact) mass is 314 g/mol. The second-order valence-corrected chi connectivity index (χ2v) is 6.25. The lowest BCUT2D eigenvalue weighted by Crippen LogP contribution is -2.13. The van der Waals surface area contributed by atoms with Crippen molar-refractivity contribution in [3.8, 4) is 0 Å². The largest absolute Gasteiger partial charge is 0.358 e. The van der Waals surface area contributed by atoms with Gasteiger partial charge in [-0.1, -0.05) is 43.3 Å². The number of nitrogens with zero attached hydrogens (tertiary/aromatic N) is 1. The lowest BCUT2D eigenvalue weighted by molar-refractivity contribution is -0.111. The molecular weight excluding hydrogens is 296 g/mol. The molecule has 2 unspecified atom stereocenters. The molecule has 118 valence electrons. The molecular formula is C21H18N2O. The van der Waals surface area contributed by atoms with Gasteiger partial charge in [-0.2, -0.15) is 0 Å². The molecule has 0 aliphatic carbocycles. The van der Waals surface area contributed by atoms with Crippen molar-refractivity contribution in [2.75, 3.05) is 0 Å². The molecule has 2 aromatic carbocycles. The first kappa shape index (κ1) is 14.6. The van der Waals surface area contributed by atoms with Crippen molar-refractivity contribution < 1.29 is 4.79 Å². The minimum Gasteiger partial charge on any atom is -0.358 e. The summed E-state index contributed by atoms with van der Waals surface area (Å²) in [7, 11) is 0. The van der Waals surface area contributed by atoms with Crippen LogP contribution in [0.2, 0.25) is 0 Å². The summed E-state index contributed by atoms with van der Waals surface area (Å²) in [6, 6.07) is 20.5. The Bertz CT molecular complexity index is 985. The predicted molar refractivity (Wildman–Crippen MR) is 97.1 cm³/mol. The maximum Gasteiger partial charge on any atom is 0.123 e. The molecule has 0 radical (unpaired) electrons. The number of benzene rings is 2. The van der Waals surface area contributed by atoms with Crippen molar-refractivity contribution in [1.82, 2.24) is 9.97 Å². The number of aromatic amines is 1. The second kappa shape index (κ2) is 5.93. The summed E-state index contributed by atoms with van der Waals surface area (Å²) in [6.45, 7) is 1.96. The number of carbonyl (C=O) groups excluding carboxylic acids is 1. The Hall–Kier alpha value is -2.94. The molecule has 2 heterocycles. The van der Waals surface area contributed by atoms with Gasteiger partial charge in [0.1, 0.15) is 6.29 Å². The van der Waals surface area contributed by atoms with Gasteiger partial charge in [-0.05, 0) is 35.2 Å². The van der Waals surface area contributed by atoms with Crippen LogP contribution in [0.1, 0.15) is 24.1 Å². The van der Waals surface area contributed by atoms with Gasteiger partial charge in [-0.3, -0.25) is 4.98 Å². The standard InChI is InChI=1S/C21H18N2O/c1-14(13-24)21(20-11-16-7-3-5-9-19(16)23-20)17-10-15-6-2-4-8-18(15)22-12-17/h2-14,21,23H,1H3. The summed E-state index contributed by atoms with van der Waals surface area (Å²) in [5.41, 5.74) is 4.16. The van der Waals surface area contributed by atoms with Gasteiger partial charge in [0, 0.05) is 34.6 Å². The molecule has 2 aromatic heterocycles. The highest BCUT2D eigenvalue weighted by Gasteiger charge is 2.23. The van der Waals surface area contributed by atoms with Crippen molar-refractivity contribution in [1.29, 1.82) is 0 Å². The Labute approximate surface area is 140 Å². The van der Waals surface area contributed by atoms with E-state index in [0.29, 0.717) is 0 Å². The predicted octanol–water partition coefficient (Wildman–Crippen LogP) is 4.68. The van der Waals surface area contributed by atoms with Crippen LogP contribution in [0.5, 0.6) is 0 Å². The summed E-state index contributed by atoms with van der Waals surface area (Å²) < 4.78 is 0. The SMILES string of the molecule is CC(C=O)C(c1cnc2ccccc2c1)c1cc2ccccc2[nH]1. The number of nitrogens with one attached hydrogen (secondary N) is 1. The van der Waals surface area contributed by atoms with Gasteiger partial charge >= 0.3 is 0 Å². The van der Waals surface area contributed by atoms with Crippen molar-refractivity contribution in [2.24, 2.45) is 5.92 Å². The zero-order valence-corrected chi connectivity index (χ0v) is 13.4. The average Bonchev–Trinajstić information content (AvgIpc) is 3.05. The summed E-state index contributed by atoms with van der Waals surface area (Å²) in [5, 5.41) is 2.25. The molecule has 0 fully saturated rings. The zero-order valence-electron chi connectivity index (χ0n) is 13.4. The van der Waals surface area contributed by atoms with Gasteiger partial charge in [-0.25, -0.2) is 0 Å². The molecule has 4 aromatic rings. The Morgan fingerprint density at radius 1 is 1.00 bits per heavy atom. The van der Waals surface area contributed by atoms with Crippen LogP contribution in [-0.4, -0.2) is 16.3 Å². The van der Waals surface area contributed by atoms with E-state index >= 15 is 0 Å². The number of H-pyrrole nitrogens is 1. The van der Waals surface area contributed by atoms with Gasteiger partial charge < -0.3 is 9.78 Å². The van der Waals surface area contributed by atoms with E-state index < -0.39 is 0 Å². The van der Waals surface area contributed by atoms with Crippen LogP contribution in [0.3, 0.4) is 0 Å². The molecule has 0 saturated heterocycles. The number of hydrogen-bond acceptors (Lipinski definition) is 2. The van der Waals surface area contributed by atoms with Crippen LogP contribution in [0.25, 0.3) is 21.8 Å². The third kappa shape index (κ3) is 2.48. The Morgan fingerprint density at radius 2 is 1.75 bits per heavy atom. The van der Waals surface area contributed by atoms with E-state index in [2.05, 4.69) is 40.3 Å². The van der Waals surface area contributed by atoms with Gasteiger partial charge in [0.05, 0.1) is 5.52 Å². The molecule has 0 spiro atoms. The van der Waals surface area contributed by atoms with Gasteiger partial charge in [0.15, 0.2) is 0 Å². The minimum absolute atomic E-state index is 0.0352. The molecule has 0 aliphatic rings. The van der Waals surface area contributed by atoms with E-state index in [4.69, 9.17) is 0 Å². The second-order valence-electron chi connectivity index (χ2n) is 6.25. The average molecular weight is 314 g/mol. The van der Waals surface area contributed by atoms with E-state index in [-0.39, 0.29) is 11.8 Å². The number of pyridine rings is 1. The number of aldehydes is 1. The summed E-state index contributed by atoms with van der Waals surface area (Å²) in [6.07, 6.45) is 2.91. The van der Waals surface area contributed by atoms with Crippen LogP contribution < -0.4 is 0 Å². The van der Waals surface area contributed by atoms with E-state index in [1.165, 1.54) is 0 Å². The van der Waals surface area contributed by atoms with Crippen LogP contribution in [-0.2, 0) is 4.79 Å². The topological polar surface area (TPSA) is 45.8 Å². The minimum atomic E-state index is -0.138. The summed E-state index contributed by atoms with van der Waals surface area (Å²) in [5.74, 6) is -0.173. The van der Waals surface area contributed by atoms with Crippen molar-refractivity contribution >= 4 is 28.1 Å². The van der Waals surface area contributed by atoms with Crippen LogP contribution >= 0.6 is 0 Å². The molecule has 24 heavy (non-hydrogen) atoms. The Kier molecular flexibility index (Phi) is 3.62. The van der Waals surface area contributed by atoms with Crippen molar-refractivity contribution in [3.63, 3.8) is 0 Å². The molecule has 0 saturated carbocycles. The fraction of sp³-hybridized carbons (Fsp3) is 0.143. The van der Waals surface area contributed by atoms with Crippen LogP contribution in [0.4, 0.5) is 0 Å². The molecule has 3 nitrogen and oxygen atoms in total. The summed E-state index contributed by atoms with van der Waals surface area (Å²) >= 11 is 0. The van der Waals surface area contributed by atoms with Crippen LogP contribution in [0.15, 0.2) is 66.9 Å². The van der Waals surface area contributed by atoms with Gasteiger partial charge in [0.2, 0.25) is 0 Å². The molecule has 0 amide bonds. The number of carbonyl (C=O) groups is 1. The number of hydrogen-bond donors (Lipinski definition) is 1. The van der Waals surface area contributed by atoms with Gasteiger partial charge in [0.25, 0.3) is 0 Å². The first-order valence-corrected chi connectivity index (χ1v) is 8.14. The molecule has 3 heteroatoms. The molecule has 4 rings (SSSR count). The van der Waals surface area contributed by atoms with E-state index in [0.717, 1.165) is 39.3 Å². The lowest BCUT2D eigenvalue weighted by Gasteiger charge is -2.19. The smallest absolute Gasteiger partial charge is 0.123 e. The van der Waals surface area contributed by atoms with E-state index in [1.54, 1.807) is 0 Å². The number of para-hydroxylation sites is 2. The maximum absolute atomic E-state index is 11.5. The zero-order chi connectivity index (χ0) is 16.5. The third-order valence-electron chi connectivity index (χ3n) is 4.60. The molecule has 2 atom stereocenters. The summed E-state index contributed by atoms with van der Waals surface area (Å²) in [4.78, 5) is 19.6. The first-order valence-electron chi connectivity index (χ1n) is 8.14. The molecule has 1 N–H and O–H groups in total. The van der Waals surface area contributed by atoms with Crippen molar-refractivity contribution in [3.05, 3.63) is 78.1 Å². The Balaban J connectivity index is 1.87. The quantitative estimate of drug-likeness (QED) is 0.556. The number of fused-ring (bicyclic) bond motifs is 2. The first-order chi connectivity index (χ1) is 11.8. The van der Waals surface area contributed by atoms with Crippen LogP contribution in [0, 0.1) is 5.92 Å². The highest BCUT2D eigenvalue weighted by Crippen LogP contribution is 2.33.